The second-order valence-electron chi connectivity index (χ2n) is 6.85. The first-order valence-electron chi connectivity index (χ1n) is 7.00. The van der Waals surface area contributed by atoms with Gasteiger partial charge in [-0.1, -0.05) is 13.8 Å². The van der Waals surface area contributed by atoms with E-state index < -0.39 is 5.60 Å². The fourth-order valence-electron chi connectivity index (χ4n) is 2.84. The van der Waals surface area contributed by atoms with Crippen molar-refractivity contribution in [2.45, 2.75) is 45.3 Å². The molecule has 4 nitrogen and oxygen atoms in total. The van der Waals surface area contributed by atoms with Gasteiger partial charge in [-0.2, -0.15) is 0 Å². The molecule has 3 rings (SSSR count). The number of likely N-dealkylation sites (tertiary alicyclic amines) is 1. The molecule has 1 aromatic rings. The summed E-state index contributed by atoms with van der Waals surface area (Å²) >= 11 is 0. The van der Waals surface area contributed by atoms with E-state index in [1.165, 1.54) is 0 Å². The summed E-state index contributed by atoms with van der Waals surface area (Å²) in [6, 6.07) is 4.33. The van der Waals surface area contributed by atoms with Crippen molar-refractivity contribution < 1.29 is 9.90 Å². The van der Waals surface area contributed by atoms with Crippen molar-refractivity contribution in [3.05, 3.63) is 24.0 Å². The van der Waals surface area contributed by atoms with E-state index in [2.05, 4.69) is 4.57 Å². The molecular formula is C15H22N2O2. The predicted molar refractivity (Wildman–Crippen MR) is 73.0 cm³/mol. The van der Waals surface area contributed by atoms with Gasteiger partial charge in [-0.05, 0) is 31.9 Å². The third-order valence-electron chi connectivity index (χ3n) is 4.77. The normalized spacial score (nSPS) is 29.8. The van der Waals surface area contributed by atoms with Crippen molar-refractivity contribution in [2.75, 3.05) is 13.1 Å². The minimum atomic E-state index is -0.820. The number of amides is 1. The Labute approximate surface area is 114 Å². The standard InChI is InChI=1S/C15H22N2O2/c1-14(2)9-16(10-15(14,3)19)13(18)12-5-4-8-17(12)11-6-7-11/h4-5,8,11,19H,6-7,9-10H2,1-3H3/t15-/m0/s1. The zero-order valence-corrected chi connectivity index (χ0v) is 11.9. The first kappa shape index (κ1) is 12.7. The van der Waals surface area contributed by atoms with Crippen molar-refractivity contribution >= 4 is 5.91 Å². The summed E-state index contributed by atoms with van der Waals surface area (Å²) in [5, 5.41) is 10.4. The highest BCUT2D eigenvalue weighted by Gasteiger charge is 2.49. The van der Waals surface area contributed by atoms with Crippen LogP contribution in [0.25, 0.3) is 0 Å². The largest absolute Gasteiger partial charge is 0.388 e. The van der Waals surface area contributed by atoms with Gasteiger partial charge in [-0.25, -0.2) is 0 Å². The van der Waals surface area contributed by atoms with Gasteiger partial charge >= 0.3 is 0 Å². The number of aliphatic hydroxyl groups is 1. The van der Waals surface area contributed by atoms with Crippen molar-refractivity contribution in [3.8, 4) is 0 Å². The van der Waals surface area contributed by atoms with E-state index in [0.29, 0.717) is 19.1 Å². The molecule has 2 aliphatic rings. The van der Waals surface area contributed by atoms with E-state index in [-0.39, 0.29) is 11.3 Å². The van der Waals surface area contributed by atoms with Crippen LogP contribution in [0.5, 0.6) is 0 Å². The number of carbonyl (C=O) groups excluding carboxylic acids is 1. The number of carbonyl (C=O) groups is 1. The summed E-state index contributed by atoms with van der Waals surface area (Å²) in [6.07, 6.45) is 4.32. The van der Waals surface area contributed by atoms with Crippen LogP contribution in [0, 0.1) is 5.41 Å². The Balaban J connectivity index is 1.84. The van der Waals surface area contributed by atoms with Gasteiger partial charge in [0.2, 0.25) is 0 Å². The molecule has 0 radical (unpaired) electrons. The lowest BCUT2D eigenvalue weighted by atomic mass is 9.79. The Hall–Kier alpha value is -1.29. The Morgan fingerprint density at radius 2 is 2.00 bits per heavy atom. The van der Waals surface area contributed by atoms with Gasteiger partial charge in [0.05, 0.1) is 12.1 Å². The van der Waals surface area contributed by atoms with Crippen LogP contribution in [0.1, 0.15) is 50.1 Å². The molecule has 0 bridgehead atoms. The highest BCUT2D eigenvalue weighted by Crippen LogP contribution is 2.40. The molecule has 1 amide bonds. The van der Waals surface area contributed by atoms with E-state index in [1.54, 1.807) is 4.90 Å². The monoisotopic (exact) mass is 262 g/mol. The zero-order chi connectivity index (χ0) is 13.8. The van der Waals surface area contributed by atoms with E-state index >= 15 is 0 Å². The zero-order valence-electron chi connectivity index (χ0n) is 11.9. The summed E-state index contributed by atoms with van der Waals surface area (Å²) in [5.74, 6) is 0.0442. The minimum Gasteiger partial charge on any atom is -0.388 e. The quantitative estimate of drug-likeness (QED) is 0.886. The van der Waals surface area contributed by atoms with Crippen LogP contribution in [0.2, 0.25) is 0 Å². The third kappa shape index (κ3) is 1.98. The molecule has 1 aliphatic heterocycles. The van der Waals surface area contributed by atoms with Gasteiger partial charge in [-0.3, -0.25) is 4.79 Å². The number of hydrogen-bond donors (Lipinski definition) is 1. The summed E-state index contributed by atoms with van der Waals surface area (Å²) in [6.45, 7) is 6.87. The fraction of sp³-hybridized carbons (Fsp3) is 0.667. The molecular weight excluding hydrogens is 240 g/mol. The van der Waals surface area contributed by atoms with Gasteiger partial charge in [0.15, 0.2) is 0 Å². The highest BCUT2D eigenvalue weighted by molar-refractivity contribution is 5.93. The van der Waals surface area contributed by atoms with Crippen LogP contribution in [-0.4, -0.2) is 39.2 Å². The number of nitrogens with zero attached hydrogens (tertiary/aromatic N) is 2. The van der Waals surface area contributed by atoms with Crippen molar-refractivity contribution in [2.24, 2.45) is 5.41 Å². The Kier molecular flexibility index (Phi) is 2.58. The van der Waals surface area contributed by atoms with Crippen molar-refractivity contribution in [3.63, 3.8) is 0 Å². The Bertz CT molecular complexity index is 496. The maximum Gasteiger partial charge on any atom is 0.270 e. The van der Waals surface area contributed by atoms with Crippen LogP contribution < -0.4 is 0 Å². The molecule has 1 N–H and O–H groups in total. The highest BCUT2D eigenvalue weighted by atomic mass is 16.3. The van der Waals surface area contributed by atoms with Crippen molar-refractivity contribution in [1.82, 2.24) is 9.47 Å². The number of aromatic nitrogens is 1. The summed E-state index contributed by atoms with van der Waals surface area (Å²) in [7, 11) is 0. The lowest BCUT2D eigenvalue weighted by Crippen LogP contribution is -2.40. The molecule has 1 saturated carbocycles. The summed E-state index contributed by atoms with van der Waals surface area (Å²) in [5.41, 5.74) is -0.324. The maximum absolute atomic E-state index is 12.6. The second-order valence-corrected chi connectivity index (χ2v) is 6.85. The van der Waals surface area contributed by atoms with Crippen LogP contribution in [0.15, 0.2) is 18.3 Å². The molecule has 4 heteroatoms. The number of rotatable bonds is 2. The predicted octanol–water partition coefficient (Wildman–Crippen LogP) is 2.06. The average Bonchev–Trinajstić information content (AvgIpc) is 2.98. The van der Waals surface area contributed by atoms with Crippen LogP contribution in [0.4, 0.5) is 0 Å². The molecule has 1 aromatic heterocycles. The summed E-state index contributed by atoms with van der Waals surface area (Å²) in [4.78, 5) is 14.4. The van der Waals surface area contributed by atoms with Crippen LogP contribution >= 0.6 is 0 Å². The SMILES string of the molecule is CC1(C)CN(C(=O)c2cccn2C2CC2)C[C@]1(C)O. The fourth-order valence-corrected chi connectivity index (χ4v) is 2.84. The smallest absolute Gasteiger partial charge is 0.270 e. The lowest BCUT2D eigenvalue weighted by Gasteiger charge is -2.30. The molecule has 19 heavy (non-hydrogen) atoms. The first-order valence-corrected chi connectivity index (χ1v) is 7.00. The maximum atomic E-state index is 12.6. The molecule has 2 heterocycles. The van der Waals surface area contributed by atoms with E-state index in [1.807, 2.05) is 39.1 Å². The molecule has 1 saturated heterocycles. The van der Waals surface area contributed by atoms with Gasteiger partial charge in [0, 0.05) is 24.2 Å². The molecule has 0 unspecified atom stereocenters. The molecule has 0 spiro atoms. The molecule has 2 fully saturated rings. The van der Waals surface area contributed by atoms with Gasteiger partial charge in [-0.15, -0.1) is 0 Å². The Morgan fingerprint density at radius 3 is 2.53 bits per heavy atom. The first-order chi connectivity index (χ1) is 8.82. The lowest BCUT2D eigenvalue weighted by molar-refractivity contribution is -0.0108. The van der Waals surface area contributed by atoms with Crippen LogP contribution in [0.3, 0.4) is 0 Å². The second kappa shape index (κ2) is 3.85. The van der Waals surface area contributed by atoms with Gasteiger partial charge in [0.25, 0.3) is 5.91 Å². The van der Waals surface area contributed by atoms with Gasteiger partial charge in [0.1, 0.15) is 5.69 Å². The molecule has 1 aliphatic carbocycles. The van der Waals surface area contributed by atoms with E-state index in [9.17, 15) is 9.90 Å². The minimum absolute atomic E-state index is 0.0442. The Morgan fingerprint density at radius 1 is 1.32 bits per heavy atom. The molecule has 0 aromatic carbocycles. The summed E-state index contributed by atoms with van der Waals surface area (Å²) < 4.78 is 2.09. The van der Waals surface area contributed by atoms with Crippen molar-refractivity contribution in [1.29, 1.82) is 0 Å². The number of hydrogen-bond acceptors (Lipinski definition) is 2. The number of β-amino-alcohol motifs (C(OH)–C–C–N with tert-alkyl or cyclic N) is 1. The molecule has 1 atom stereocenters. The van der Waals surface area contributed by atoms with E-state index in [0.717, 1.165) is 18.5 Å². The topological polar surface area (TPSA) is 45.5 Å². The van der Waals surface area contributed by atoms with Gasteiger partial charge < -0.3 is 14.6 Å². The van der Waals surface area contributed by atoms with E-state index in [4.69, 9.17) is 0 Å². The average molecular weight is 262 g/mol. The molecule has 104 valence electrons. The van der Waals surface area contributed by atoms with Crippen LogP contribution in [-0.2, 0) is 0 Å². The third-order valence-corrected chi connectivity index (χ3v) is 4.77.